The quantitative estimate of drug-likeness (QED) is 0.823. The van der Waals surface area contributed by atoms with E-state index in [2.05, 4.69) is 5.32 Å². The smallest absolute Gasteiger partial charge is 0.224 e. The van der Waals surface area contributed by atoms with Gasteiger partial charge < -0.3 is 10.1 Å². The highest BCUT2D eigenvalue weighted by Gasteiger charge is 2.11. The number of aryl methyl sites for hydroxylation is 2. The molecule has 0 aliphatic heterocycles. The first-order chi connectivity index (χ1) is 11.0. The summed E-state index contributed by atoms with van der Waals surface area (Å²) in [5.41, 5.74) is 3.49. The first-order valence-corrected chi connectivity index (χ1v) is 7.54. The van der Waals surface area contributed by atoms with E-state index in [1.54, 1.807) is 19.2 Å². The molecule has 1 amide bonds. The Morgan fingerprint density at radius 2 is 1.74 bits per heavy atom. The molecule has 23 heavy (non-hydrogen) atoms. The number of nitrogens with one attached hydrogen (secondary N) is 1. The van der Waals surface area contributed by atoms with Gasteiger partial charge in [-0.15, -0.1) is 0 Å². The Labute approximate surface area is 136 Å². The predicted molar refractivity (Wildman–Crippen MR) is 91.1 cm³/mol. The van der Waals surface area contributed by atoms with Gasteiger partial charge in [0.2, 0.25) is 5.91 Å². The standard InChI is InChI=1S/C19H21NO3/c1-13-8-9-15(12-14(13)2)17(21)10-11-19(22)20-16-6-4-5-7-18(16)23-3/h4-9,12H,10-11H2,1-3H3,(H,20,22). The number of benzene rings is 2. The number of ether oxygens (including phenoxy) is 1. The maximum absolute atomic E-state index is 12.2. The highest BCUT2D eigenvalue weighted by Crippen LogP contribution is 2.23. The minimum Gasteiger partial charge on any atom is -0.495 e. The number of methoxy groups -OCH3 is 1. The fraction of sp³-hybridized carbons (Fsp3) is 0.263. The van der Waals surface area contributed by atoms with Crippen molar-refractivity contribution in [2.75, 3.05) is 12.4 Å². The predicted octanol–water partition coefficient (Wildman–Crippen LogP) is 3.91. The molecule has 2 aromatic carbocycles. The van der Waals surface area contributed by atoms with Crippen molar-refractivity contribution in [2.45, 2.75) is 26.7 Å². The second-order valence-corrected chi connectivity index (χ2v) is 5.47. The Bertz CT molecular complexity index is 722. The second kappa shape index (κ2) is 7.58. The number of para-hydroxylation sites is 2. The van der Waals surface area contributed by atoms with Crippen molar-refractivity contribution < 1.29 is 14.3 Å². The Morgan fingerprint density at radius 3 is 2.43 bits per heavy atom. The monoisotopic (exact) mass is 311 g/mol. The molecular weight excluding hydrogens is 290 g/mol. The van der Waals surface area contributed by atoms with E-state index >= 15 is 0 Å². The van der Waals surface area contributed by atoms with Gasteiger partial charge in [-0.3, -0.25) is 9.59 Å². The fourth-order valence-electron chi connectivity index (χ4n) is 2.25. The molecule has 0 bridgehead atoms. The van der Waals surface area contributed by atoms with Gasteiger partial charge in [0.15, 0.2) is 5.78 Å². The van der Waals surface area contributed by atoms with Crippen molar-refractivity contribution in [1.29, 1.82) is 0 Å². The molecule has 0 aliphatic rings. The maximum atomic E-state index is 12.2. The molecule has 2 rings (SSSR count). The molecule has 120 valence electrons. The number of Topliss-reactive ketones (excluding diaryl/α,β-unsaturated/α-hetero) is 1. The largest absolute Gasteiger partial charge is 0.495 e. The van der Waals surface area contributed by atoms with E-state index < -0.39 is 0 Å². The molecule has 0 atom stereocenters. The number of carbonyl (C=O) groups excluding carboxylic acids is 2. The molecule has 1 N–H and O–H groups in total. The molecule has 0 aliphatic carbocycles. The van der Waals surface area contributed by atoms with Gasteiger partial charge in [0.1, 0.15) is 5.75 Å². The summed E-state index contributed by atoms with van der Waals surface area (Å²) in [6.07, 6.45) is 0.327. The SMILES string of the molecule is COc1ccccc1NC(=O)CCC(=O)c1ccc(C)c(C)c1. The molecule has 2 aromatic rings. The molecule has 0 unspecified atom stereocenters. The Morgan fingerprint density at radius 1 is 1.00 bits per heavy atom. The third kappa shape index (κ3) is 4.42. The number of anilines is 1. The van der Waals surface area contributed by atoms with Crippen LogP contribution in [0.15, 0.2) is 42.5 Å². The van der Waals surface area contributed by atoms with Crippen LogP contribution >= 0.6 is 0 Å². The first kappa shape index (κ1) is 16.7. The molecule has 0 saturated carbocycles. The van der Waals surface area contributed by atoms with Gasteiger partial charge in [-0.2, -0.15) is 0 Å². The zero-order chi connectivity index (χ0) is 16.8. The van der Waals surface area contributed by atoms with Crippen molar-refractivity contribution in [1.82, 2.24) is 0 Å². The summed E-state index contributed by atoms with van der Waals surface area (Å²) in [7, 11) is 1.55. The highest BCUT2D eigenvalue weighted by molar-refractivity contribution is 6.00. The zero-order valence-corrected chi connectivity index (χ0v) is 13.7. The van der Waals surface area contributed by atoms with Crippen LogP contribution in [-0.2, 0) is 4.79 Å². The lowest BCUT2D eigenvalue weighted by Crippen LogP contribution is -2.14. The summed E-state index contributed by atoms with van der Waals surface area (Å²) in [5.74, 6) is 0.372. The van der Waals surface area contributed by atoms with E-state index in [9.17, 15) is 9.59 Å². The van der Waals surface area contributed by atoms with Crippen LogP contribution in [0.5, 0.6) is 5.75 Å². The average molecular weight is 311 g/mol. The van der Waals surface area contributed by atoms with Crippen LogP contribution in [0, 0.1) is 13.8 Å². The lowest BCUT2D eigenvalue weighted by atomic mass is 10.0. The Kier molecular flexibility index (Phi) is 5.52. The topological polar surface area (TPSA) is 55.4 Å². The minimum atomic E-state index is -0.202. The van der Waals surface area contributed by atoms with E-state index in [1.807, 2.05) is 44.2 Å². The van der Waals surface area contributed by atoms with Crippen LogP contribution in [-0.4, -0.2) is 18.8 Å². The normalized spacial score (nSPS) is 10.2. The number of hydrogen-bond acceptors (Lipinski definition) is 3. The third-order valence-electron chi connectivity index (χ3n) is 3.79. The lowest BCUT2D eigenvalue weighted by Gasteiger charge is -2.09. The van der Waals surface area contributed by atoms with Crippen molar-refractivity contribution in [3.63, 3.8) is 0 Å². The number of carbonyl (C=O) groups is 2. The summed E-state index contributed by atoms with van der Waals surface area (Å²) < 4.78 is 5.18. The van der Waals surface area contributed by atoms with Crippen LogP contribution in [0.1, 0.15) is 34.3 Å². The van der Waals surface area contributed by atoms with Gasteiger partial charge in [-0.1, -0.05) is 24.3 Å². The molecule has 0 spiro atoms. The van der Waals surface area contributed by atoms with Gasteiger partial charge in [-0.25, -0.2) is 0 Å². The van der Waals surface area contributed by atoms with Gasteiger partial charge in [0.25, 0.3) is 0 Å². The van der Waals surface area contributed by atoms with Gasteiger partial charge in [-0.05, 0) is 43.2 Å². The Balaban J connectivity index is 1.93. The lowest BCUT2D eigenvalue weighted by molar-refractivity contribution is -0.116. The highest BCUT2D eigenvalue weighted by atomic mass is 16.5. The average Bonchev–Trinajstić information content (AvgIpc) is 2.55. The van der Waals surface area contributed by atoms with Crippen LogP contribution in [0.4, 0.5) is 5.69 Å². The van der Waals surface area contributed by atoms with E-state index in [0.717, 1.165) is 11.1 Å². The summed E-state index contributed by atoms with van der Waals surface area (Å²) in [6, 6.07) is 12.8. The third-order valence-corrected chi connectivity index (χ3v) is 3.79. The number of hydrogen-bond donors (Lipinski definition) is 1. The van der Waals surface area contributed by atoms with Crippen molar-refractivity contribution in [3.8, 4) is 5.75 Å². The molecule has 4 heteroatoms. The summed E-state index contributed by atoms with van der Waals surface area (Å²) in [4.78, 5) is 24.2. The molecule has 0 radical (unpaired) electrons. The van der Waals surface area contributed by atoms with E-state index in [-0.39, 0.29) is 24.5 Å². The van der Waals surface area contributed by atoms with Crippen molar-refractivity contribution in [2.24, 2.45) is 0 Å². The summed E-state index contributed by atoms with van der Waals surface area (Å²) >= 11 is 0. The van der Waals surface area contributed by atoms with Crippen LogP contribution in [0.3, 0.4) is 0 Å². The Hall–Kier alpha value is -2.62. The minimum absolute atomic E-state index is 0.0247. The zero-order valence-electron chi connectivity index (χ0n) is 13.7. The van der Waals surface area contributed by atoms with Crippen molar-refractivity contribution >= 4 is 17.4 Å². The fourth-order valence-corrected chi connectivity index (χ4v) is 2.25. The number of rotatable bonds is 6. The molecular formula is C19H21NO3. The number of ketones is 1. The van der Waals surface area contributed by atoms with Gasteiger partial charge in [0.05, 0.1) is 12.8 Å². The second-order valence-electron chi connectivity index (χ2n) is 5.47. The summed E-state index contributed by atoms with van der Waals surface area (Å²) in [5, 5.41) is 2.77. The van der Waals surface area contributed by atoms with Gasteiger partial charge >= 0.3 is 0 Å². The van der Waals surface area contributed by atoms with Gasteiger partial charge in [0, 0.05) is 18.4 Å². The number of amides is 1. The summed E-state index contributed by atoms with van der Waals surface area (Å²) in [6.45, 7) is 3.98. The van der Waals surface area contributed by atoms with E-state index in [4.69, 9.17) is 4.74 Å². The van der Waals surface area contributed by atoms with Crippen LogP contribution < -0.4 is 10.1 Å². The van der Waals surface area contributed by atoms with Crippen LogP contribution in [0.25, 0.3) is 0 Å². The maximum Gasteiger partial charge on any atom is 0.224 e. The molecule has 0 saturated heterocycles. The molecule has 4 nitrogen and oxygen atoms in total. The molecule has 0 aromatic heterocycles. The molecule has 0 heterocycles. The van der Waals surface area contributed by atoms with E-state index in [1.165, 1.54) is 0 Å². The molecule has 0 fully saturated rings. The van der Waals surface area contributed by atoms with E-state index in [0.29, 0.717) is 17.0 Å². The van der Waals surface area contributed by atoms with Crippen LogP contribution in [0.2, 0.25) is 0 Å². The first-order valence-electron chi connectivity index (χ1n) is 7.54. The van der Waals surface area contributed by atoms with Crippen molar-refractivity contribution in [3.05, 3.63) is 59.2 Å².